The van der Waals surface area contributed by atoms with Crippen molar-refractivity contribution in [3.05, 3.63) is 40.8 Å². The summed E-state index contributed by atoms with van der Waals surface area (Å²) in [4.78, 5) is 18.9. The molecule has 0 unspecified atom stereocenters. The standard InChI is InChI=1S/C16H22N4O3S/c1-23-10-7-18-16-19-14(17)13(24-16)15(22)20(8-9-21)11-12-5-3-2-4-6-12/h2-6,21H,7-11,17H2,1H3,(H,18,19). The summed E-state index contributed by atoms with van der Waals surface area (Å²) < 4.78 is 4.96. The number of rotatable bonds is 9. The summed E-state index contributed by atoms with van der Waals surface area (Å²) in [6.45, 7) is 1.65. The van der Waals surface area contributed by atoms with Crippen LogP contribution in [0.5, 0.6) is 0 Å². The van der Waals surface area contributed by atoms with E-state index in [0.29, 0.717) is 29.7 Å². The van der Waals surface area contributed by atoms with Gasteiger partial charge in [0, 0.05) is 26.7 Å². The SMILES string of the molecule is COCCNc1nc(N)c(C(=O)N(CCO)Cc2ccccc2)s1. The fourth-order valence-electron chi connectivity index (χ4n) is 2.14. The van der Waals surface area contributed by atoms with E-state index in [1.165, 1.54) is 11.3 Å². The molecule has 1 amide bonds. The van der Waals surface area contributed by atoms with Gasteiger partial charge in [-0.3, -0.25) is 4.79 Å². The highest BCUT2D eigenvalue weighted by Crippen LogP contribution is 2.26. The summed E-state index contributed by atoms with van der Waals surface area (Å²) in [5, 5.41) is 12.9. The molecular weight excluding hydrogens is 328 g/mol. The first-order valence-electron chi connectivity index (χ1n) is 7.59. The zero-order valence-corrected chi connectivity index (χ0v) is 14.4. The molecule has 0 saturated heterocycles. The van der Waals surface area contributed by atoms with Gasteiger partial charge in [-0.15, -0.1) is 0 Å². The number of nitrogens with two attached hydrogens (primary N) is 1. The number of hydrogen-bond donors (Lipinski definition) is 3. The summed E-state index contributed by atoms with van der Waals surface area (Å²) in [6.07, 6.45) is 0. The average molecular weight is 350 g/mol. The fraction of sp³-hybridized carbons (Fsp3) is 0.375. The number of carbonyl (C=O) groups excluding carboxylic acids is 1. The van der Waals surface area contributed by atoms with E-state index in [9.17, 15) is 9.90 Å². The zero-order chi connectivity index (χ0) is 17.4. The number of amides is 1. The predicted octanol–water partition coefficient (Wildman–Crippen LogP) is 1.42. The first-order chi connectivity index (χ1) is 11.7. The lowest BCUT2D eigenvalue weighted by atomic mass is 10.2. The van der Waals surface area contributed by atoms with Crippen molar-refractivity contribution in [1.29, 1.82) is 0 Å². The van der Waals surface area contributed by atoms with E-state index in [0.717, 1.165) is 5.56 Å². The van der Waals surface area contributed by atoms with Gasteiger partial charge in [-0.2, -0.15) is 0 Å². The van der Waals surface area contributed by atoms with Crippen molar-refractivity contribution in [1.82, 2.24) is 9.88 Å². The van der Waals surface area contributed by atoms with E-state index >= 15 is 0 Å². The second kappa shape index (κ2) is 9.21. The Morgan fingerprint density at radius 2 is 2.17 bits per heavy atom. The third-order valence-corrected chi connectivity index (χ3v) is 4.32. The van der Waals surface area contributed by atoms with Crippen LogP contribution in [0, 0.1) is 0 Å². The second-order valence-corrected chi connectivity index (χ2v) is 6.09. The summed E-state index contributed by atoms with van der Waals surface area (Å²) in [5.74, 6) is -0.0383. The molecule has 1 aromatic heterocycles. The van der Waals surface area contributed by atoms with Crippen LogP contribution in [0.15, 0.2) is 30.3 Å². The molecule has 0 bridgehead atoms. The topological polar surface area (TPSA) is 101 Å². The van der Waals surface area contributed by atoms with Gasteiger partial charge in [-0.25, -0.2) is 4.98 Å². The van der Waals surface area contributed by atoms with Crippen LogP contribution in [0.4, 0.5) is 10.9 Å². The Morgan fingerprint density at radius 1 is 1.42 bits per heavy atom. The predicted molar refractivity (Wildman–Crippen MR) is 95.2 cm³/mol. The van der Waals surface area contributed by atoms with Gasteiger partial charge in [-0.1, -0.05) is 41.7 Å². The van der Waals surface area contributed by atoms with E-state index in [-0.39, 0.29) is 24.9 Å². The molecule has 1 aromatic carbocycles. The van der Waals surface area contributed by atoms with Crippen molar-refractivity contribution in [3.8, 4) is 0 Å². The van der Waals surface area contributed by atoms with Crippen molar-refractivity contribution in [2.24, 2.45) is 0 Å². The molecule has 0 saturated carbocycles. The van der Waals surface area contributed by atoms with Crippen LogP contribution in [0.3, 0.4) is 0 Å². The second-order valence-electron chi connectivity index (χ2n) is 5.09. The largest absolute Gasteiger partial charge is 0.395 e. The molecule has 24 heavy (non-hydrogen) atoms. The fourth-order valence-corrected chi connectivity index (χ4v) is 3.02. The van der Waals surface area contributed by atoms with Crippen LogP contribution in [-0.4, -0.2) is 54.3 Å². The molecular formula is C16H22N4O3S. The van der Waals surface area contributed by atoms with Gasteiger partial charge in [0.2, 0.25) is 0 Å². The summed E-state index contributed by atoms with van der Waals surface area (Å²) in [5.41, 5.74) is 6.88. The molecule has 130 valence electrons. The normalized spacial score (nSPS) is 10.6. The number of ether oxygens (including phenoxy) is 1. The maximum Gasteiger partial charge on any atom is 0.268 e. The van der Waals surface area contributed by atoms with Crippen LogP contribution < -0.4 is 11.1 Å². The lowest BCUT2D eigenvalue weighted by Gasteiger charge is -2.21. The number of carbonyl (C=O) groups is 1. The number of nitrogens with one attached hydrogen (secondary N) is 1. The summed E-state index contributed by atoms with van der Waals surface area (Å²) in [7, 11) is 1.61. The number of methoxy groups -OCH3 is 1. The van der Waals surface area contributed by atoms with Gasteiger partial charge in [0.15, 0.2) is 5.13 Å². The van der Waals surface area contributed by atoms with E-state index in [1.807, 2.05) is 30.3 Å². The van der Waals surface area contributed by atoms with Gasteiger partial charge >= 0.3 is 0 Å². The van der Waals surface area contributed by atoms with Gasteiger partial charge in [0.05, 0.1) is 13.2 Å². The number of nitrogen functional groups attached to an aromatic ring is 1. The quantitative estimate of drug-likeness (QED) is 0.591. The highest BCUT2D eigenvalue weighted by molar-refractivity contribution is 7.18. The van der Waals surface area contributed by atoms with E-state index in [1.54, 1.807) is 12.0 Å². The molecule has 0 aliphatic heterocycles. The third kappa shape index (κ3) is 4.92. The van der Waals surface area contributed by atoms with Crippen LogP contribution in [0.2, 0.25) is 0 Å². The molecule has 0 radical (unpaired) electrons. The lowest BCUT2D eigenvalue weighted by molar-refractivity contribution is 0.0713. The Balaban J connectivity index is 2.11. The molecule has 2 aromatic rings. The maximum atomic E-state index is 12.8. The van der Waals surface area contributed by atoms with Crippen molar-refractivity contribution < 1.29 is 14.6 Å². The van der Waals surface area contributed by atoms with Crippen LogP contribution in [0.1, 0.15) is 15.2 Å². The van der Waals surface area contributed by atoms with Gasteiger partial charge < -0.3 is 25.8 Å². The van der Waals surface area contributed by atoms with E-state index < -0.39 is 0 Å². The molecule has 0 spiro atoms. The highest BCUT2D eigenvalue weighted by Gasteiger charge is 2.22. The zero-order valence-electron chi connectivity index (χ0n) is 13.6. The minimum Gasteiger partial charge on any atom is -0.395 e. The Bertz CT molecular complexity index is 648. The summed E-state index contributed by atoms with van der Waals surface area (Å²) >= 11 is 1.21. The average Bonchev–Trinajstić information content (AvgIpc) is 2.96. The van der Waals surface area contributed by atoms with Crippen molar-refractivity contribution in [2.45, 2.75) is 6.54 Å². The summed E-state index contributed by atoms with van der Waals surface area (Å²) in [6, 6.07) is 9.61. The van der Waals surface area contributed by atoms with E-state index in [4.69, 9.17) is 10.5 Å². The van der Waals surface area contributed by atoms with E-state index in [2.05, 4.69) is 10.3 Å². The third-order valence-electron chi connectivity index (χ3n) is 3.30. The highest BCUT2D eigenvalue weighted by atomic mass is 32.1. The number of anilines is 2. The Kier molecular flexibility index (Phi) is 6.98. The first kappa shape index (κ1) is 18.2. The smallest absolute Gasteiger partial charge is 0.268 e. The van der Waals surface area contributed by atoms with Crippen molar-refractivity contribution in [2.75, 3.05) is 44.5 Å². The Labute approximate surface area is 145 Å². The minimum absolute atomic E-state index is 0.115. The lowest BCUT2D eigenvalue weighted by Crippen LogP contribution is -2.33. The van der Waals surface area contributed by atoms with Gasteiger partial charge in [0.25, 0.3) is 5.91 Å². The van der Waals surface area contributed by atoms with Crippen LogP contribution in [0.25, 0.3) is 0 Å². The molecule has 7 nitrogen and oxygen atoms in total. The van der Waals surface area contributed by atoms with Crippen LogP contribution >= 0.6 is 11.3 Å². The molecule has 1 heterocycles. The molecule has 0 aliphatic rings. The van der Waals surface area contributed by atoms with Gasteiger partial charge in [0.1, 0.15) is 10.7 Å². The van der Waals surface area contributed by atoms with Crippen molar-refractivity contribution >= 4 is 28.2 Å². The van der Waals surface area contributed by atoms with Gasteiger partial charge in [-0.05, 0) is 5.56 Å². The number of aromatic nitrogens is 1. The molecule has 4 N–H and O–H groups in total. The number of aliphatic hydroxyl groups excluding tert-OH is 1. The van der Waals surface area contributed by atoms with Crippen LogP contribution in [-0.2, 0) is 11.3 Å². The molecule has 0 aliphatic carbocycles. The molecule has 0 atom stereocenters. The number of hydrogen-bond acceptors (Lipinski definition) is 7. The minimum atomic E-state index is -0.234. The monoisotopic (exact) mass is 350 g/mol. The Morgan fingerprint density at radius 3 is 2.83 bits per heavy atom. The molecule has 2 rings (SSSR count). The number of thiazole rings is 1. The number of aliphatic hydroxyl groups is 1. The Hall–Kier alpha value is -2.16. The molecule has 0 fully saturated rings. The van der Waals surface area contributed by atoms with Crippen molar-refractivity contribution in [3.63, 3.8) is 0 Å². The molecule has 8 heteroatoms. The number of benzene rings is 1. The first-order valence-corrected chi connectivity index (χ1v) is 8.40. The maximum absolute atomic E-state index is 12.8. The number of nitrogens with zero attached hydrogens (tertiary/aromatic N) is 2.